The van der Waals surface area contributed by atoms with E-state index in [4.69, 9.17) is 9.97 Å². The number of benzene rings is 8. The van der Waals surface area contributed by atoms with Gasteiger partial charge in [-0.25, -0.2) is 4.98 Å². The number of nitrogens with zero attached hydrogens (tertiary/aromatic N) is 3. The first-order chi connectivity index (χ1) is 30.7. The van der Waals surface area contributed by atoms with Gasteiger partial charge < -0.3 is 5.11 Å². The maximum absolute atomic E-state index is 11.6. The zero-order valence-corrected chi connectivity index (χ0v) is 37.4. The van der Waals surface area contributed by atoms with Gasteiger partial charge in [-0.2, -0.15) is 0 Å². The Kier molecular flexibility index (Phi) is 11.2. The van der Waals surface area contributed by atoms with Gasteiger partial charge in [-0.05, 0) is 88.2 Å². The van der Waals surface area contributed by atoms with Gasteiger partial charge in [0.1, 0.15) is 11.6 Å². The number of fused-ring (bicyclic) bond motifs is 1. The minimum atomic E-state index is -0.913. The van der Waals surface area contributed by atoms with Crippen LogP contribution in [0.2, 0.25) is 0 Å². The Balaban J connectivity index is 0.00000518. The second-order valence-electron chi connectivity index (χ2n) is 16.0. The molecule has 8 aromatic carbocycles. The summed E-state index contributed by atoms with van der Waals surface area (Å²) in [5.74, 6) is -0.191. The van der Waals surface area contributed by atoms with Crippen LogP contribution in [0.5, 0.6) is 5.75 Å². The van der Waals surface area contributed by atoms with E-state index in [1.807, 2.05) is 80.7 Å². The summed E-state index contributed by atoms with van der Waals surface area (Å²) in [5, 5.41) is 11.6. The molecule has 0 unspecified atom stereocenters. The number of hydrogen-bond acceptors (Lipinski definition) is 3. The van der Waals surface area contributed by atoms with Crippen LogP contribution in [-0.2, 0) is 21.1 Å². The van der Waals surface area contributed by atoms with Crippen LogP contribution in [0.15, 0.2) is 200 Å². The van der Waals surface area contributed by atoms with Crippen molar-refractivity contribution < 1.29 is 27.5 Å². The van der Waals surface area contributed by atoms with E-state index in [0.717, 1.165) is 89.2 Å². The average molecular weight is 995 g/mol. The smallest absolute Gasteiger partial charge is 0.148 e. The van der Waals surface area contributed by atoms with E-state index in [1.165, 1.54) is 5.56 Å². The van der Waals surface area contributed by atoms with E-state index in [0.29, 0.717) is 11.4 Å². The zero-order valence-electron chi connectivity index (χ0n) is 36.2. The fourth-order valence-corrected chi connectivity index (χ4v) is 8.45. The number of aromatic nitrogens is 3. The number of imidazole rings is 1. The topological polar surface area (TPSA) is 50.9 Å². The molecule has 0 saturated heterocycles. The van der Waals surface area contributed by atoms with Gasteiger partial charge in [0.25, 0.3) is 0 Å². The first-order valence-corrected chi connectivity index (χ1v) is 21.0. The molecule has 0 bridgehead atoms. The van der Waals surface area contributed by atoms with Crippen LogP contribution in [0.3, 0.4) is 0 Å². The van der Waals surface area contributed by atoms with Gasteiger partial charge in [-0.15, -0.1) is 23.8 Å². The Labute approximate surface area is 384 Å². The fourth-order valence-electron chi connectivity index (χ4n) is 8.45. The minimum absolute atomic E-state index is 0. The van der Waals surface area contributed by atoms with Crippen molar-refractivity contribution in [3.8, 4) is 89.7 Å². The van der Waals surface area contributed by atoms with Crippen molar-refractivity contribution in [1.82, 2.24) is 14.5 Å². The molecule has 0 aliphatic carbocycles. The summed E-state index contributed by atoms with van der Waals surface area (Å²) in [5.41, 5.74) is 16.9. The number of hydrogen-bond donors (Lipinski definition) is 1. The predicted molar refractivity (Wildman–Crippen MR) is 256 cm³/mol. The number of rotatable bonds is 9. The molecular weight excluding hydrogens is 950 g/mol. The van der Waals surface area contributed by atoms with Crippen molar-refractivity contribution in [3.63, 3.8) is 0 Å². The Morgan fingerprint density at radius 2 is 1.14 bits per heavy atom. The van der Waals surface area contributed by atoms with Crippen LogP contribution < -0.4 is 0 Å². The summed E-state index contributed by atoms with van der Waals surface area (Å²) in [7, 11) is 0. The van der Waals surface area contributed by atoms with Gasteiger partial charge in [0, 0.05) is 39.9 Å². The monoisotopic (exact) mass is 994 g/mol. The third-order valence-electron chi connectivity index (χ3n) is 11.6. The SMILES string of the molecule is [2H]C(C)(C)c1cc(-c2ccccc2)c(-n2c(-c3ccccc3O)nc3c(-c4[c-]c(-c5cc(-c6ccc(C)cc6)ccn5)cc(-c5ccccc5)c4)cccc32)cc1-c1ccccc1.[Pt]. The van der Waals surface area contributed by atoms with Crippen molar-refractivity contribution >= 4 is 11.0 Å². The number of para-hydroxylation sites is 2. The van der Waals surface area contributed by atoms with Gasteiger partial charge in [-0.3, -0.25) is 9.55 Å². The summed E-state index contributed by atoms with van der Waals surface area (Å²) in [4.78, 5) is 10.4. The van der Waals surface area contributed by atoms with Crippen molar-refractivity contribution in [2.24, 2.45) is 0 Å². The molecule has 0 amide bonds. The number of aromatic hydroxyl groups is 1. The van der Waals surface area contributed by atoms with E-state index in [2.05, 4.69) is 145 Å². The van der Waals surface area contributed by atoms with Gasteiger partial charge >= 0.3 is 0 Å². The summed E-state index contributed by atoms with van der Waals surface area (Å²) in [6.07, 6.45) is 1.87. The van der Waals surface area contributed by atoms with Crippen LogP contribution in [0.25, 0.3) is 95.0 Å². The van der Waals surface area contributed by atoms with Crippen molar-refractivity contribution in [2.75, 3.05) is 0 Å². The van der Waals surface area contributed by atoms with Crippen LogP contribution >= 0.6 is 0 Å². The normalized spacial score (nSPS) is 11.6. The van der Waals surface area contributed by atoms with Crippen molar-refractivity contribution in [1.29, 1.82) is 0 Å². The number of phenols is 1. The summed E-state index contributed by atoms with van der Waals surface area (Å²) in [6, 6.07) is 70.0. The van der Waals surface area contributed by atoms with Gasteiger partial charge in [0.05, 0.1) is 22.3 Å². The molecule has 63 heavy (non-hydrogen) atoms. The average Bonchev–Trinajstić information content (AvgIpc) is 3.71. The third-order valence-corrected chi connectivity index (χ3v) is 11.6. The van der Waals surface area contributed by atoms with E-state index >= 15 is 0 Å². The molecule has 0 saturated carbocycles. The molecule has 10 aromatic rings. The number of phenolic OH excluding ortho intramolecular Hbond substituents is 1. The molecular formula is C58H44N3OPt-. The minimum Gasteiger partial charge on any atom is -0.507 e. The maximum atomic E-state index is 11.6. The molecule has 2 heterocycles. The standard InChI is InChI=1S/C58H44N3O.Pt/c1-38(2)50-36-52(43-20-11-6-12-21-43)55(37-51(50)42-18-9-5-10-19-42)61-54-24-15-23-48(57(54)60-58(61)49-22-13-14-25-56(49)62)46-32-45(40-16-7-4-8-17-40)33-47(34-46)53-35-44(30-31-59-53)41-28-26-39(3)27-29-41;/h4-33,35-38,62H,1-3H3;/q-1;/i38D;. The van der Waals surface area contributed by atoms with E-state index in [1.54, 1.807) is 6.07 Å². The van der Waals surface area contributed by atoms with Gasteiger partial charge in [0.15, 0.2) is 0 Å². The zero-order chi connectivity index (χ0) is 43.1. The van der Waals surface area contributed by atoms with Crippen LogP contribution in [0.4, 0.5) is 0 Å². The number of pyridine rings is 1. The Bertz CT molecular complexity index is 3270. The Morgan fingerprint density at radius 3 is 1.83 bits per heavy atom. The molecule has 1 N–H and O–H groups in total. The first kappa shape index (κ1) is 40.0. The van der Waals surface area contributed by atoms with Crippen LogP contribution in [-0.4, -0.2) is 19.6 Å². The molecule has 0 fully saturated rings. The molecule has 10 rings (SSSR count). The predicted octanol–water partition coefficient (Wildman–Crippen LogP) is 15.0. The summed E-state index contributed by atoms with van der Waals surface area (Å²) >= 11 is 0. The Morgan fingerprint density at radius 1 is 0.540 bits per heavy atom. The van der Waals surface area contributed by atoms with Crippen LogP contribution in [0, 0.1) is 13.0 Å². The van der Waals surface area contributed by atoms with Crippen molar-refractivity contribution in [2.45, 2.75) is 26.7 Å². The molecule has 4 nitrogen and oxygen atoms in total. The molecule has 2 aromatic heterocycles. The first-order valence-electron chi connectivity index (χ1n) is 21.5. The van der Waals surface area contributed by atoms with Crippen molar-refractivity contribution in [3.05, 3.63) is 218 Å². The maximum Gasteiger partial charge on any atom is 0.148 e. The molecule has 0 radical (unpaired) electrons. The number of aryl methyl sites for hydroxylation is 1. The fraction of sp³-hybridized carbons (Fsp3) is 0.0690. The molecule has 308 valence electrons. The quantitative estimate of drug-likeness (QED) is 0.147. The second-order valence-corrected chi connectivity index (χ2v) is 16.0. The molecule has 0 spiro atoms. The van der Waals surface area contributed by atoms with E-state index < -0.39 is 5.89 Å². The second kappa shape index (κ2) is 17.7. The van der Waals surface area contributed by atoms with E-state index in [-0.39, 0.29) is 26.8 Å². The van der Waals surface area contributed by atoms with Gasteiger partial charge in [-0.1, -0.05) is 182 Å². The Hall–Kier alpha value is -7.13. The van der Waals surface area contributed by atoms with Gasteiger partial charge in [0.2, 0.25) is 0 Å². The molecule has 0 atom stereocenters. The molecule has 0 aliphatic rings. The van der Waals surface area contributed by atoms with E-state index in [9.17, 15) is 6.48 Å². The van der Waals surface area contributed by atoms with Crippen LogP contribution in [0.1, 0.15) is 32.2 Å². The summed E-state index contributed by atoms with van der Waals surface area (Å²) < 4.78 is 11.6. The molecule has 5 heteroatoms. The largest absolute Gasteiger partial charge is 0.507 e. The molecule has 0 aliphatic heterocycles. The third kappa shape index (κ3) is 8.07. The summed E-state index contributed by atoms with van der Waals surface area (Å²) in [6.45, 7) is 5.98.